The molecule has 2 rings (SSSR count). The summed E-state index contributed by atoms with van der Waals surface area (Å²) in [7, 11) is 0. The lowest BCUT2D eigenvalue weighted by Crippen LogP contribution is -2.45. The lowest BCUT2D eigenvalue weighted by atomic mass is 9.92. The maximum atomic E-state index is 12.0. The second-order valence-corrected chi connectivity index (χ2v) is 4.26. The van der Waals surface area contributed by atoms with Gasteiger partial charge in [-0.15, -0.1) is 0 Å². The minimum Gasteiger partial charge on any atom is -0.393 e. The molecule has 0 aromatic carbocycles. The summed E-state index contributed by atoms with van der Waals surface area (Å²) in [6.07, 6.45) is 4.44. The Labute approximate surface area is 94.5 Å². The van der Waals surface area contributed by atoms with Gasteiger partial charge in [-0.1, -0.05) is 6.92 Å². The summed E-state index contributed by atoms with van der Waals surface area (Å²) in [6, 6.07) is 0. The predicted molar refractivity (Wildman–Crippen MR) is 58.9 cm³/mol. The molecule has 16 heavy (non-hydrogen) atoms. The number of nitrogens with zero attached hydrogens (tertiary/aromatic N) is 2. The number of aliphatic hydroxyl groups excluding tert-OH is 1. The van der Waals surface area contributed by atoms with Crippen molar-refractivity contribution in [2.45, 2.75) is 25.9 Å². The molecule has 5 nitrogen and oxygen atoms in total. The first-order valence-corrected chi connectivity index (χ1v) is 5.68. The molecule has 88 valence electrons. The number of rotatable bonds is 2. The molecular weight excluding hydrogens is 206 g/mol. The number of hydrogen-bond donors (Lipinski definition) is 2. The average Bonchev–Trinajstić information content (AvgIpc) is 2.82. The molecule has 1 aliphatic rings. The molecule has 0 spiro atoms. The fourth-order valence-electron chi connectivity index (χ4n) is 2.16. The number of likely N-dealkylation sites (tertiary alicyclic amines) is 1. The van der Waals surface area contributed by atoms with Crippen molar-refractivity contribution >= 4 is 5.91 Å². The van der Waals surface area contributed by atoms with Crippen molar-refractivity contribution in [1.82, 2.24) is 15.1 Å². The Morgan fingerprint density at radius 2 is 2.56 bits per heavy atom. The van der Waals surface area contributed by atoms with Crippen LogP contribution >= 0.6 is 0 Å². The molecule has 1 aromatic heterocycles. The van der Waals surface area contributed by atoms with E-state index in [1.54, 1.807) is 11.1 Å². The van der Waals surface area contributed by atoms with E-state index in [0.717, 1.165) is 6.42 Å². The van der Waals surface area contributed by atoms with E-state index >= 15 is 0 Å². The van der Waals surface area contributed by atoms with E-state index < -0.39 is 0 Å². The summed E-state index contributed by atoms with van der Waals surface area (Å²) in [6.45, 7) is 3.31. The summed E-state index contributed by atoms with van der Waals surface area (Å²) < 4.78 is 0. The molecular formula is C11H17N3O2. The van der Waals surface area contributed by atoms with Gasteiger partial charge in [0.15, 0.2) is 0 Å². The molecule has 0 saturated carbocycles. The SMILES string of the molecule is CCC1CN(C(=O)c2cn[nH]c2)CCC1O. The third-order valence-electron chi connectivity index (χ3n) is 3.25. The summed E-state index contributed by atoms with van der Waals surface area (Å²) in [5.41, 5.74) is 0.589. The summed E-state index contributed by atoms with van der Waals surface area (Å²) in [5.74, 6) is 0.198. The van der Waals surface area contributed by atoms with Crippen LogP contribution in [0.5, 0.6) is 0 Å². The molecule has 1 aromatic rings. The minimum absolute atomic E-state index is 0.000833. The molecule has 5 heteroatoms. The van der Waals surface area contributed by atoms with Crippen molar-refractivity contribution in [3.8, 4) is 0 Å². The van der Waals surface area contributed by atoms with Crippen LogP contribution in [0, 0.1) is 5.92 Å². The zero-order valence-corrected chi connectivity index (χ0v) is 9.39. The summed E-state index contributed by atoms with van der Waals surface area (Å²) >= 11 is 0. The molecule has 2 unspecified atom stereocenters. The van der Waals surface area contributed by atoms with Crippen molar-refractivity contribution in [3.05, 3.63) is 18.0 Å². The second kappa shape index (κ2) is 4.65. The minimum atomic E-state index is -0.265. The Morgan fingerprint density at radius 3 is 3.19 bits per heavy atom. The predicted octanol–water partition coefficient (Wildman–Crippen LogP) is 0.643. The number of aromatic nitrogens is 2. The first-order valence-electron chi connectivity index (χ1n) is 5.68. The highest BCUT2D eigenvalue weighted by molar-refractivity contribution is 5.93. The quantitative estimate of drug-likeness (QED) is 0.773. The lowest BCUT2D eigenvalue weighted by Gasteiger charge is -2.35. The molecule has 2 atom stereocenters. The first kappa shape index (κ1) is 11.1. The van der Waals surface area contributed by atoms with E-state index in [9.17, 15) is 9.90 Å². The van der Waals surface area contributed by atoms with Crippen molar-refractivity contribution in [1.29, 1.82) is 0 Å². The number of carbonyl (C=O) groups is 1. The normalized spacial score (nSPS) is 25.8. The highest BCUT2D eigenvalue weighted by Gasteiger charge is 2.29. The number of nitrogens with one attached hydrogen (secondary N) is 1. The third-order valence-corrected chi connectivity index (χ3v) is 3.25. The van der Waals surface area contributed by atoms with Gasteiger partial charge in [-0.3, -0.25) is 9.89 Å². The zero-order valence-electron chi connectivity index (χ0n) is 9.39. The van der Waals surface area contributed by atoms with Crippen LogP contribution in [0.15, 0.2) is 12.4 Å². The van der Waals surface area contributed by atoms with Gasteiger partial charge in [0, 0.05) is 25.2 Å². The number of hydrogen-bond acceptors (Lipinski definition) is 3. The number of piperidine rings is 1. The van der Waals surface area contributed by atoms with E-state index in [1.807, 2.05) is 6.92 Å². The van der Waals surface area contributed by atoms with Crippen LogP contribution in [0.1, 0.15) is 30.1 Å². The largest absolute Gasteiger partial charge is 0.393 e. The van der Waals surface area contributed by atoms with Gasteiger partial charge in [-0.05, 0) is 12.8 Å². The number of aromatic amines is 1. The molecule has 1 amide bonds. The number of amides is 1. The molecule has 0 radical (unpaired) electrons. The Bertz CT molecular complexity index is 350. The fourth-order valence-corrected chi connectivity index (χ4v) is 2.16. The Morgan fingerprint density at radius 1 is 1.75 bits per heavy atom. The monoisotopic (exact) mass is 223 g/mol. The van der Waals surface area contributed by atoms with Gasteiger partial charge >= 0.3 is 0 Å². The Hall–Kier alpha value is -1.36. The molecule has 1 saturated heterocycles. The van der Waals surface area contributed by atoms with Crippen LogP contribution in [0.25, 0.3) is 0 Å². The third kappa shape index (κ3) is 2.09. The topological polar surface area (TPSA) is 69.2 Å². The van der Waals surface area contributed by atoms with Gasteiger partial charge in [-0.2, -0.15) is 5.10 Å². The molecule has 1 aliphatic heterocycles. The molecule has 1 fully saturated rings. The van der Waals surface area contributed by atoms with Crippen LogP contribution in [-0.4, -0.2) is 45.3 Å². The maximum absolute atomic E-state index is 12.0. The van der Waals surface area contributed by atoms with E-state index in [0.29, 0.717) is 25.1 Å². The Balaban J connectivity index is 2.03. The van der Waals surface area contributed by atoms with Crippen molar-refractivity contribution in [2.24, 2.45) is 5.92 Å². The zero-order chi connectivity index (χ0) is 11.5. The van der Waals surface area contributed by atoms with E-state index in [2.05, 4.69) is 10.2 Å². The molecule has 2 N–H and O–H groups in total. The van der Waals surface area contributed by atoms with Gasteiger partial charge in [-0.25, -0.2) is 0 Å². The van der Waals surface area contributed by atoms with Crippen molar-refractivity contribution < 1.29 is 9.90 Å². The number of H-pyrrole nitrogens is 1. The van der Waals surface area contributed by atoms with E-state index in [-0.39, 0.29) is 17.9 Å². The van der Waals surface area contributed by atoms with Crippen LogP contribution in [-0.2, 0) is 0 Å². The Kier molecular flexibility index (Phi) is 3.24. The van der Waals surface area contributed by atoms with E-state index in [4.69, 9.17) is 0 Å². The van der Waals surface area contributed by atoms with Gasteiger partial charge in [0.2, 0.25) is 0 Å². The highest BCUT2D eigenvalue weighted by Crippen LogP contribution is 2.21. The smallest absolute Gasteiger partial charge is 0.257 e. The summed E-state index contributed by atoms with van der Waals surface area (Å²) in [4.78, 5) is 13.8. The number of carbonyl (C=O) groups excluding carboxylic acids is 1. The average molecular weight is 223 g/mol. The van der Waals surface area contributed by atoms with Gasteiger partial charge < -0.3 is 10.0 Å². The number of aliphatic hydroxyl groups is 1. The van der Waals surface area contributed by atoms with Crippen molar-refractivity contribution in [3.63, 3.8) is 0 Å². The van der Waals surface area contributed by atoms with Crippen LogP contribution in [0.3, 0.4) is 0 Å². The van der Waals surface area contributed by atoms with Crippen LogP contribution in [0.4, 0.5) is 0 Å². The lowest BCUT2D eigenvalue weighted by molar-refractivity contribution is 0.0229. The van der Waals surface area contributed by atoms with Crippen LogP contribution < -0.4 is 0 Å². The maximum Gasteiger partial charge on any atom is 0.257 e. The standard InChI is InChI=1S/C11H17N3O2/c1-2-8-7-14(4-3-10(8)15)11(16)9-5-12-13-6-9/h5-6,8,10,15H,2-4,7H2,1H3,(H,12,13). The van der Waals surface area contributed by atoms with Gasteiger partial charge in [0.05, 0.1) is 17.9 Å². The van der Waals surface area contributed by atoms with Crippen LogP contribution in [0.2, 0.25) is 0 Å². The molecule has 2 heterocycles. The summed E-state index contributed by atoms with van der Waals surface area (Å²) in [5, 5.41) is 16.1. The van der Waals surface area contributed by atoms with Crippen molar-refractivity contribution in [2.75, 3.05) is 13.1 Å². The van der Waals surface area contributed by atoms with Gasteiger partial charge in [0.1, 0.15) is 0 Å². The molecule has 0 aliphatic carbocycles. The van der Waals surface area contributed by atoms with E-state index in [1.165, 1.54) is 6.20 Å². The first-order chi connectivity index (χ1) is 7.72. The van der Waals surface area contributed by atoms with Gasteiger partial charge in [0.25, 0.3) is 5.91 Å². The second-order valence-electron chi connectivity index (χ2n) is 4.26. The fraction of sp³-hybridized carbons (Fsp3) is 0.636. The molecule has 0 bridgehead atoms. The highest BCUT2D eigenvalue weighted by atomic mass is 16.3.